The molecular weight excluding hydrogens is 298 g/mol. The Balaban J connectivity index is 2.63. The Kier molecular flexibility index (Phi) is 5.99. The molecule has 0 saturated heterocycles. The summed E-state index contributed by atoms with van der Waals surface area (Å²) in [5.41, 5.74) is -0.710. The van der Waals surface area contributed by atoms with Gasteiger partial charge in [-0.2, -0.15) is 0 Å². The van der Waals surface area contributed by atoms with Crippen molar-refractivity contribution < 1.29 is 24.2 Å². The van der Waals surface area contributed by atoms with E-state index in [0.29, 0.717) is 10.8 Å². The van der Waals surface area contributed by atoms with Crippen LogP contribution in [0, 0.1) is 6.92 Å². The van der Waals surface area contributed by atoms with Gasteiger partial charge in [0, 0.05) is 12.1 Å². The Hall–Kier alpha value is -1.79. The number of ether oxygens (including phenoxy) is 2. The number of aryl methyl sites for hydroxylation is 1. The van der Waals surface area contributed by atoms with E-state index in [2.05, 4.69) is 5.32 Å². The fourth-order valence-corrected chi connectivity index (χ4v) is 1.93. The summed E-state index contributed by atoms with van der Waals surface area (Å²) in [7, 11) is 1.36. The van der Waals surface area contributed by atoms with E-state index >= 15 is 0 Å². The van der Waals surface area contributed by atoms with Gasteiger partial charge in [-0.05, 0) is 37.6 Å². The third kappa shape index (κ3) is 4.91. The van der Waals surface area contributed by atoms with Crippen molar-refractivity contribution in [3.63, 3.8) is 0 Å². The highest BCUT2D eigenvalue weighted by Gasteiger charge is 2.35. The second-order valence-electron chi connectivity index (χ2n) is 4.82. The van der Waals surface area contributed by atoms with E-state index in [9.17, 15) is 9.59 Å². The molecule has 21 heavy (non-hydrogen) atoms. The number of methoxy groups -OCH3 is 1. The molecular formula is C14H18ClNO5. The van der Waals surface area contributed by atoms with Gasteiger partial charge in [0.15, 0.2) is 12.1 Å². The summed E-state index contributed by atoms with van der Waals surface area (Å²) in [6, 6.07) is 5.01. The first-order valence-electron chi connectivity index (χ1n) is 6.21. The number of carbonyl (C=O) groups is 2. The SMILES string of the molecule is COCC(C)(NC(=O)COc1ccc(Cl)cc1C)C(=O)O. The van der Waals surface area contributed by atoms with Gasteiger partial charge in [-0.15, -0.1) is 0 Å². The molecule has 0 radical (unpaired) electrons. The molecule has 0 spiro atoms. The van der Waals surface area contributed by atoms with Crippen molar-refractivity contribution in [2.75, 3.05) is 20.3 Å². The van der Waals surface area contributed by atoms with E-state index in [1.807, 2.05) is 0 Å². The van der Waals surface area contributed by atoms with Crippen molar-refractivity contribution >= 4 is 23.5 Å². The van der Waals surface area contributed by atoms with E-state index in [0.717, 1.165) is 5.56 Å². The largest absolute Gasteiger partial charge is 0.484 e. The van der Waals surface area contributed by atoms with Gasteiger partial charge in [0.2, 0.25) is 0 Å². The molecule has 0 aliphatic heterocycles. The van der Waals surface area contributed by atoms with Crippen LogP contribution in [0.25, 0.3) is 0 Å². The summed E-state index contributed by atoms with van der Waals surface area (Å²) < 4.78 is 10.2. The number of hydrogen-bond acceptors (Lipinski definition) is 4. The molecule has 1 aromatic carbocycles. The second-order valence-corrected chi connectivity index (χ2v) is 5.25. The molecule has 7 heteroatoms. The molecule has 0 fully saturated rings. The van der Waals surface area contributed by atoms with Gasteiger partial charge in [0.1, 0.15) is 5.75 Å². The van der Waals surface area contributed by atoms with Crippen LogP contribution < -0.4 is 10.1 Å². The van der Waals surface area contributed by atoms with Crippen LogP contribution in [0.5, 0.6) is 5.75 Å². The number of carboxylic acid groups (broad SMARTS) is 1. The Labute approximate surface area is 128 Å². The number of aliphatic carboxylic acids is 1. The smallest absolute Gasteiger partial charge is 0.331 e. The number of rotatable bonds is 7. The number of carbonyl (C=O) groups excluding carboxylic acids is 1. The van der Waals surface area contributed by atoms with E-state index in [1.165, 1.54) is 14.0 Å². The van der Waals surface area contributed by atoms with Gasteiger partial charge in [0.25, 0.3) is 5.91 Å². The maximum Gasteiger partial charge on any atom is 0.331 e. The molecule has 0 aromatic heterocycles. The van der Waals surface area contributed by atoms with E-state index < -0.39 is 17.4 Å². The first-order valence-corrected chi connectivity index (χ1v) is 6.58. The van der Waals surface area contributed by atoms with Crippen molar-refractivity contribution in [2.45, 2.75) is 19.4 Å². The van der Waals surface area contributed by atoms with E-state index in [-0.39, 0.29) is 13.2 Å². The zero-order chi connectivity index (χ0) is 16.0. The Morgan fingerprint density at radius 1 is 1.43 bits per heavy atom. The normalized spacial score (nSPS) is 13.3. The minimum absolute atomic E-state index is 0.145. The molecule has 0 saturated carbocycles. The lowest BCUT2D eigenvalue weighted by atomic mass is 10.0. The molecule has 1 aromatic rings. The number of halogens is 1. The van der Waals surface area contributed by atoms with Crippen LogP contribution in [0.15, 0.2) is 18.2 Å². The molecule has 0 bridgehead atoms. The highest BCUT2D eigenvalue weighted by molar-refractivity contribution is 6.30. The third-order valence-electron chi connectivity index (χ3n) is 2.82. The van der Waals surface area contributed by atoms with E-state index in [1.54, 1.807) is 25.1 Å². The summed E-state index contributed by atoms with van der Waals surface area (Å²) in [6.45, 7) is 2.72. The third-order valence-corrected chi connectivity index (χ3v) is 3.05. The highest BCUT2D eigenvalue weighted by Crippen LogP contribution is 2.21. The molecule has 0 aliphatic carbocycles. The predicted octanol–water partition coefficient (Wildman–Crippen LogP) is 1.63. The fourth-order valence-electron chi connectivity index (χ4n) is 1.70. The topological polar surface area (TPSA) is 84.9 Å². The molecule has 2 N–H and O–H groups in total. The van der Waals surface area contributed by atoms with Crippen LogP contribution in [0.3, 0.4) is 0 Å². The molecule has 1 unspecified atom stereocenters. The average Bonchev–Trinajstić information content (AvgIpc) is 2.37. The lowest BCUT2D eigenvalue weighted by Crippen LogP contribution is -2.56. The van der Waals surface area contributed by atoms with Crippen LogP contribution in [0.2, 0.25) is 5.02 Å². The summed E-state index contributed by atoms with van der Waals surface area (Å²) in [4.78, 5) is 23.0. The highest BCUT2D eigenvalue weighted by atomic mass is 35.5. The predicted molar refractivity (Wildman–Crippen MR) is 77.7 cm³/mol. The van der Waals surface area contributed by atoms with Crippen LogP contribution in [-0.2, 0) is 14.3 Å². The van der Waals surface area contributed by atoms with E-state index in [4.69, 9.17) is 26.2 Å². The van der Waals surface area contributed by atoms with Crippen LogP contribution >= 0.6 is 11.6 Å². The lowest BCUT2D eigenvalue weighted by Gasteiger charge is -2.25. The zero-order valence-electron chi connectivity index (χ0n) is 12.1. The molecule has 116 valence electrons. The van der Waals surface area contributed by atoms with Gasteiger partial charge < -0.3 is 19.9 Å². The molecule has 6 nitrogen and oxygen atoms in total. The van der Waals surface area contributed by atoms with Gasteiger partial charge in [-0.1, -0.05) is 11.6 Å². The number of hydrogen-bond donors (Lipinski definition) is 2. The first kappa shape index (κ1) is 17.3. The molecule has 0 heterocycles. The molecule has 1 atom stereocenters. The van der Waals surface area contributed by atoms with Crippen molar-refractivity contribution in [1.29, 1.82) is 0 Å². The Morgan fingerprint density at radius 3 is 2.62 bits per heavy atom. The molecule has 1 amide bonds. The summed E-state index contributed by atoms with van der Waals surface area (Å²) in [6.07, 6.45) is 0. The molecule has 1 rings (SSSR count). The number of benzene rings is 1. The van der Waals surface area contributed by atoms with Crippen molar-refractivity contribution in [2.24, 2.45) is 0 Å². The second kappa shape index (κ2) is 7.28. The zero-order valence-corrected chi connectivity index (χ0v) is 12.9. The number of nitrogens with one attached hydrogen (secondary N) is 1. The average molecular weight is 316 g/mol. The minimum atomic E-state index is -1.50. The van der Waals surface area contributed by atoms with Crippen molar-refractivity contribution in [1.82, 2.24) is 5.32 Å². The number of carboxylic acids is 1. The standard InChI is InChI=1S/C14H18ClNO5/c1-9-6-10(15)4-5-11(9)21-7-12(17)16-14(2,8-20-3)13(18)19/h4-6H,7-8H2,1-3H3,(H,16,17)(H,18,19). The van der Waals surface area contributed by atoms with Crippen LogP contribution in [0.4, 0.5) is 0 Å². The van der Waals surface area contributed by atoms with Crippen molar-refractivity contribution in [3.05, 3.63) is 28.8 Å². The van der Waals surface area contributed by atoms with Gasteiger partial charge >= 0.3 is 5.97 Å². The maximum absolute atomic E-state index is 11.8. The Morgan fingerprint density at radius 2 is 2.10 bits per heavy atom. The monoisotopic (exact) mass is 315 g/mol. The summed E-state index contributed by atoms with van der Waals surface area (Å²) in [5, 5.41) is 12.1. The lowest BCUT2D eigenvalue weighted by molar-refractivity contribution is -0.149. The summed E-state index contributed by atoms with van der Waals surface area (Å²) >= 11 is 5.82. The number of amides is 1. The van der Waals surface area contributed by atoms with Gasteiger partial charge in [-0.25, -0.2) is 4.79 Å². The first-order chi connectivity index (χ1) is 9.78. The van der Waals surface area contributed by atoms with Gasteiger partial charge in [0.05, 0.1) is 6.61 Å². The maximum atomic E-state index is 11.8. The van der Waals surface area contributed by atoms with Crippen molar-refractivity contribution in [3.8, 4) is 5.75 Å². The van der Waals surface area contributed by atoms with Crippen LogP contribution in [-0.4, -0.2) is 42.8 Å². The van der Waals surface area contributed by atoms with Crippen LogP contribution in [0.1, 0.15) is 12.5 Å². The quantitative estimate of drug-likeness (QED) is 0.799. The summed E-state index contributed by atoms with van der Waals surface area (Å²) in [5.74, 6) is -1.22. The van der Waals surface area contributed by atoms with Gasteiger partial charge in [-0.3, -0.25) is 4.79 Å². The minimum Gasteiger partial charge on any atom is -0.484 e. The molecule has 0 aliphatic rings. The Bertz CT molecular complexity index is 534. The fraction of sp³-hybridized carbons (Fsp3) is 0.429.